The molecule has 3 fully saturated rings. The van der Waals surface area contributed by atoms with Gasteiger partial charge in [-0.05, 0) is 61.7 Å². The molecule has 4 heteroatoms. The van der Waals surface area contributed by atoms with E-state index in [9.17, 15) is 4.79 Å². The van der Waals surface area contributed by atoms with Crippen LogP contribution in [0, 0.1) is 23.2 Å². The van der Waals surface area contributed by atoms with Gasteiger partial charge in [0, 0.05) is 6.42 Å². The predicted molar refractivity (Wildman–Crippen MR) is 84.5 cm³/mol. The molecule has 5 atom stereocenters. The summed E-state index contributed by atoms with van der Waals surface area (Å²) in [6.45, 7) is 7.04. The van der Waals surface area contributed by atoms with Crippen LogP contribution < -0.4 is 0 Å². The number of rotatable bonds is 4. The van der Waals surface area contributed by atoms with Crippen molar-refractivity contribution >= 4 is 12.0 Å². The van der Waals surface area contributed by atoms with Gasteiger partial charge in [0.2, 0.25) is 5.78 Å². The van der Waals surface area contributed by atoms with E-state index in [2.05, 4.69) is 25.6 Å². The van der Waals surface area contributed by atoms with Crippen molar-refractivity contribution in [3.63, 3.8) is 0 Å². The van der Waals surface area contributed by atoms with Gasteiger partial charge in [0.15, 0.2) is 0 Å². The minimum Gasteiger partial charge on any atom is -0.371 e. The third-order valence-corrected chi connectivity index (χ3v) is 6.67. The Morgan fingerprint density at radius 2 is 2.18 bits per heavy atom. The molecule has 0 aromatic heterocycles. The zero-order chi connectivity index (χ0) is 16.0. The van der Waals surface area contributed by atoms with Crippen molar-refractivity contribution in [1.82, 2.24) is 0 Å². The third kappa shape index (κ3) is 2.37. The van der Waals surface area contributed by atoms with Crippen LogP contribution in [-0.2, 0) is 9.53 Å². The molecule has 22 heavy (non-hydrogen) atoms. The molecule has 122 valence electrons. The highest BCUT2D eigenvalue weighted by molar-refractivity contribution is 6.25. The summed E-state index contributed by atoms with van der Waals surface area (Å²) >= 11 is 0. The second kappa shape index (κ2) is 5.58. The van der Waals surface area contributed by atoms with Crippen LogP contribution in [0.4, 0.5) is 0 Å². The zero-order valence-electron chi connectivity index (χ0n) is 14.0. The van der Waals surface area contributed by atoms with Crippen LogP contribution in [0.1, 0.15) is 65.7 Å². The Balaban J connectivity index is 1.85. The van der Waals surface area contributed by atoms with Gasteiger partial charge in [-0.25, -0.2) is 0 Å². The van der Waals surface area contributed by atoms with Gasteiger partial charge in [0.1, 0.15) is 0 Å². The number of nitrogens with zero attached hydrogens (tertiary/aromatic N) is 2. The van der Waals surface area contributed by atoms with E-state index in [1.807, 2.05) is 0 Å². The summed E-state index contributed by atoms with van der Waals surface area (Å²) in [6, 6.07) is 0. The molecule has 1 saturated carbocycles. The van der Waals surface area contributed by atoms with Gasteiger partial charge in [-0.3, -0.25) is 4.79 Å². The Bertz CT molecular complexity index is 511. The summed E-state index contributed by atoms with van der Waals surface area (Å²) in [5, 5.41) is 0. The number of carbonyl (C=O) groups excluding carboxylic acids is 1. The molecule has 3 rings (SSSR count). The Morgan fingerprint density at radius 3 is 2.86 bits per heavy atom. The minimum absolute atomic E-state index is 0.0364. The maximum Gasteiger partial charge on any atom is 0.323 e. The first kappa shape index (κ1) is 15.9. The SMILES string of the molecule is CC(C)[C@@H]1CC[C@@]2(C)CC(CC(=O)C=[N+]=[N-])C[C@H]3CC[C@@]12O3. The molecule has 0 aromatic rings. The van der Waals surface area contributed by atoms with Crippen molar-refractivity contribution in [2.24, 2.45) is 23.2 Å². The van der Waals surface area contributed by atoms with Crippen LogP contribution in [0.2, 0.25) is 0 Å². The van der Waals surface area contributed by atoms with E-state index in [0.29, 0.717) is 30.3 Å². The molecule has 0 aromatic carbocycles. The highest BCUT2D eigenvalue weighted by atomic mass is 16.5. The molecule has 2 bridgehead atoms. The summed E-state index contributed by atoms with van der Waals surface area (Å²) in [5.74, 6) is 1.59. The average Bonchev–Trinajstić information content (AvgIpc) is 2.91. The quantitative estimate of drug-likeness (QED) is 0.452. The van der Waals surface area contributed by atoms with E-state index in [1.165, 1.54) is 19.3 Å². The molecule has 3 aliphatic rings. The van der Waals surface area contributed by atoms with Gasteiger partial charge in [-0.15, -0.1) is 0 Å². The van der Waals surface area contributed by atoms with Crippen LogP contribution >= 0.6 is 0 Å². The molecule has 1 aliphatic carbocycles. The smallest absolute Gasteiger partial charge is 0.323 e. The molecular weight excluding hydrogens is 276 g/mol. The van der Waals surface area contributed by atoms with E-state index in [0.717, 1.165) is 25.5 Å². The average molecular weight is 304 g/mol. The maximum atomic E-state index is 11.8. The summed E-state index contributed by atoms with van der Waals surface area (Å²) in [4.78, 5) is 14.7. The first-order chi connectivity index (χ1) is 10.4. The van der Waals surface area contributed by atoms with Gasteiger partial charge in [-0.1, -0.05) is 20.8 Å². The van der Waals surface area contributed by atoms with Gasteiger partial charge in [0.05, 0.1) is 11.7 Å². The highest BCUT2D eigenvalue weighted by Gasteiger charge is 2.63. The summed E-state index contributed by atoms with van der Waals surface area (Å²) in [6.07, 6.45) is 8.68. The Hall–Kier alpha value is -0.990. The molecule has 2 aliphatic heterocycles. The summed E-state index contributed by atoms with van der Waals surface area (Å²) < 4.78 is 6.69. The van der Waals surface area contributed by atoms with Crippen molar-refractivity contribution < 1.29 is 14.3 Å². The molecule has 0 amide bonds. The first-order valence-electron chi connectivity index (χ1n) is 8.78. The molecule has 0 radical (unpaired) electrons. The number of ketones is 1. The maximum absolute atomic E-state index is 11.8. The summed E-state index contributed by atoms with van der Waals surface area (Å²) in [7, 11) is 0. The number of ether oxygens (including phenoxy) is 1. The lowest BCUT2D eigenvalue weighted by Gasteiger charge is -2.45. The number of Topliss-reactive ketones (excluding diaryl/α,β-unsaturated/α-hetero) is 1. The van der Waals surface area contributed by atoms with E-state index < -0.39 is 0 Å². The van der Waals surface area contributed by atoms with Crippen molar-refractivity contribution in [3.8, 4) is 0 Å². The van der Waals surface area contributed by atoms with Crippen LogP contribution in [0.25, 0.3) is 5.53 Å². The largest absolute Gasteiger partial charge is 0.371 e. The fourth-order valence-corrected chi connectivity index (χ4v) is 5.84. The highest BCUT2D eigenvalue weighted by Crippen LogP contribution is 2.64. The third-order valence-electron chi connectivity index (χ3n) is 6.67. The lowest BCUT2D eigenvalue weighted by Crippen LogP contribution is -2.47. The van der Waals surface area contributed by atoms with Crippen LogP contribution in [0.3, 0.4) is 0 Å². The fraction of sp³-hybridized carbons (Fsp3) is 0.889. The van der Waals surface area contributed by atoms with E-state index in [1.54, 1.807) is 0 Å². The molecular formula is C18H28N2O2. The van der Waals surface area contributed by atoms with Crippen LogP contribution in [0.5, 0.6) is 0 Å². The van der Waals surface area contributed by atoms with E-state index in [4.69, 9.17) is 10.3 Å². The number of carbonyl (C=O) groups is 1. The molecule has 1 unspecified atom stereocenters. The van der Waals surface area contributed by atoms with Gasteiger partial charge >= 0.3 is 6.21 Å². The minimum atomic E-state index is -0.0682. The first-order valence-corrected chi connectivity index (χ1v) is 8.78. The number of fused-ring (bicyclic) bond motifs is 1. The Labute approximate surface area is 133 Å². The lowest BCUT2D eigenvalue weighted by atomic mass is 9.63. The fourth-order valence-electron chi connectivity index (χ4n) is 5.84. The molecule has 1 spiro atoms. The lowest BCUT2D eigenvalue weighted by molar-refractivity contribution is -0.127. The Kier molecular flexibility index (Phi) is 4.03. The molecule has 4 nitrogen and oxygen atoms in total. The number of hydrogen-bond acceptors (Lipinski definition) is 2. The van der Waals surface area contributed by atoms with Gasteiger partial charge in [-0.2, -0.15) is 4.79 Å². The normalized spacial score (nSPS) is 43.5. The van der Waals surface area contributed by atoms with Crippen LogP contribution in [-0.4, -0.2) is 28.5 Å². The number of hydrogen-bond donors (Lipinski definition) is 0. The Morgan fingerprint density at radius 1 is 1.41 bits per heavy atom. The van der Waals surface area contributed by atoms with Gasteiger partial charge in [0.25, 0.3) is 0 Å². The van der Waals surface area contributed by atoms with Crippen molar-refractivity contribution in [3.05, 3.63) is 5.53 Å². The second-order valence-corrected chi connectivity index (χ2v) is 8.34. The van der Waals surface area contributed by atoms with Crippen molar-refractivity contribution in [2.45, 2.75) is 77.4 Å². The zero-order valence-corrected chi connectivity index (χ0v) is 14.0. The standard InChI is InChI=1S/C18H28N2O2/c1-12(2)16-5-6-17(3)10-13(8-14(21)11-20-19)9-15-4-7-18(16,17)22-15/h11-13,15-16H,4-10H2,1-3H3/t13?,15-,16+,17+,18-/m1/s1. The summed E-state index contributed by atoms with van der Waals surface area (Å²) in [5.41, 5.74) is 8.77. The monoisotopic (exact) mass is 304 g/mol. The predicted octanol–water partition coefficient (Wildman–Crippen LogP) is 3.65. The van der Waals surface area contributed by atoms with Gasteiger partial charge < -0.3 is 10.3 Å². The second-order valence-electron chi connectivity index (χ2n) is 8.34. The topological polar surface area (TPSA) is 62.7 Å². The van der Waals surface area contributed by atoms with Crippen molar-refractivity contribution in [1.29, 1.82) is 0 Å². The van der Waals surface area contributed by atoms with Crippen molar-refractivity contribution in [2.75, 3.05) is 0 Å². The molecule has 2 heterocycles. The van der Waals surface area contributed by atoms with E-state index in [-0.39, 0.29) is 16.8 Å². The molecule has 2 saturated heterocycles. The van der Waals surface area contributed by atoms with Crippen LogP contribution in [0.15, 0.2) is 0 Å². The van der Waals surface area contributed by atoms with E-state index >= 15 is 0 Å². The molecule has 0 N–H and O–H groups in total.